The Morgan fingerprint density at radius 3 is 2.73 bits per heavy atom. The minimum atomic E-state index is -0.191. The van der Waals surface area contributed by atoms with Crippen molar-refractivity contribution in [2.75, 3.05) is 4.90 Å². The zero-order chi connectivity index (χ0) is 10.8. The molecule has 0 saturated carbocycles. The minimum absolute atomic E-state index is 0.191. The number of allylic oxidation sites excluding steroid dienone is 3. The molecule has 1 aromatic carbocycles. The first-order valence-corrected chi connectivity index (χ1v) is 4.77. The number of anilines is 1. The largest absolute Gasteiger partial charge is 0.318 e. The molecule has 0 saturated heterocycles. The quantitative estimate of drug-likeness (QED) is 0.671. The van der Waals surface area contributed by atoms with E-state index in [1.165, 1.54) is 6.07 Å². The first-order valence-electron chi connectivity index (χ1n) is 4.77. The third-order valence-corrected chi connectivity index (χ3v) is 2.38. The van der Waals surface area contributed by atoms with Gasteiger partial charge >= 0.3 is 0 Å². The topological polar surface area (TPSA) is 3.24 Å². The van der Waals surface area contributed by atoms with E-state index in [-0.39, 0.29) is 5.82 Å². The molecular weight excluding hydrogens is 189 g/mol. The lowest BCUT2D eigenvalue weighted by atomic mass is 10.2. The molecule has 1 heterocycles. The summed E-state index contributed by atoms with van der Waals surface area (Å²) < 4.78 is 13.4. The van der Waals surface area contributed by atoms with Crippen molar-refractivity contribution < 1.29 is 4.39 Å². The van der Waals surface area contributed by atoms with E-state index in [1.54, 1.807) is 13.0 Å². The molecule has 0 bridgehead atoms. The van der Waals surface area contributed by atoms with Crippen LogP contribution < -0.4 is 4.90 Å². The van der Waals surface area contributed by atoms with Crippen LogP contribution in [0.2, 0.25) is 0 Å². The van der Waals surface area contributed by atoms with Gasteiger partial charge in [0, 0.05) is 17.6 Å². The first kappa shape index (κ1) is 9.71. The third-order valence-electron chi connectivity index (χ3n) is 2.38. The van der Waals surface area contributed by atoms with Gasteiger partial charge in [-0.1, -0.05) is 18.7 Å². The number of hydrogen-bond donors (Lipinski definition) is 0. The van der Waals surface area contributed by atoms with Crippen LogP contribution in [-0.2, 0) is 0 Å². The van der Waals surface area contributed by atoms with Gasteiger partial charge in [-0.15, -0.1) is 0 Å². The molecule has 0 fully saturated rings. The summed E-state index contributed by atoms with van der Waals surface area (Å²) in [6.45, 7) is 5.64. The van der Waals surface area contributed by atoms with Crippen molar-refractivity contribution in [2.24, 2.45) is 0 Å². The average molecular weight is 201 g/mol. The lowest BCUT2D eigenvalue weighted by molar-refractivity contribution is 0.618. The normalized spacial score (nSPS) is 14.8. The summed E-state index contributed by atoms with van der Waals surface area (Å²) in [5.41, 5.74) is 2.28. The Bertz CT molecular complexity index is 458. The summed E-state index contributed by atoms with van der Waals surface area (Å²) >= 11 is 0. The SMILES string of the molecule is C=C1C=CC=CN1c1ccc(C)c(F)c1. The van der Waals surface area contributed by atoms with Crippen molar-refractivity contribution in [2.45, 2.75) is 6.92 Å². The highest BCUT2D eigenvalue weighted by Crippen LogP contribution is 2.23. The molecule has 15 heavy (non-hydrogen) atoms. The van der Waals surface area contributed by atoms with Gasteiger partial charge in [-0.3, -0.25) is 0 Å². The van der Waals surface area contributed by atoms with Crippen molar-refractivity contribution in [3.63, 3.8) is 0 Å². The van der Waals surface area contributed by atoms with Gasteiger partial charge in [0.1, 0.15) is 5.82 Å². The summed E-state index contributed by atoms with van der Waals surface area (Å²) in [7, 11) is 0. The summed E-state index contributed by atoms with van der Waals surface area (Å²) in [5, 5.41) is 0. The lowest BCUT2D eigenvalue weighted by Crippen LogP contribution is -2.14. The zero-order valence-electron chi connectivity index (χ0n) is 8.57. The highest BCUT2D eigenvalue weighted by molar-refractivity contribution is 5.59. The predicted octanol–water partition coefficient (Wildman–Crippen LogP) is 3.54. The lowest BCUT2D eigenvalue weighted by Gasteiger charge is -2.23. The summed E-state index contributed by atoms with van der Waals surface area (Å²) in [5.74, 6) is -0.191. The number of rotatable bonds is 1. The summed E-state index contributed by atoms with van der Waals surface area (Å²) in [6, 6.07) is 5.17. The maximum absolute atomic E-state index is 13.4. The highest BCUT2D eigenvalue weighted by Gasteiger charge is 2.08. The molecule has 0 aromatic heterocycles. The Morgan fingerprint density at radius 2 is 2.07 bits per heavy atom. The van der Waals surface area contributed by atoms with Gasteiger partial charge in [0.15, 0.2) is 0 Å². The summed E-state index contributed by atoms with van der Waals surface area (Å²) in [6.07, 6.45) is 7.56. The Labute approximate surface area is 88.8 Å². The maximum atomic E-state index is 13.4. The van der Waals surface area contributed by atoms with E-state index < -0.39 is 0 Å². The zero-order valence-corrected chi connectivity index (χ0v) is 8.57. The molecular formula is C13H12FN. The highest BCUT2D eigenvalue weighted by atomic mass is 19.1. The minimum Gasteiger partial charge on any atom is -0.318 e. The maximum Gasteiger partial charge on any atom is 0.128 e. The van der Waals surface area contributed by atoms with E-state index in [0.717, 1.165) is 11.4 Å². The first-order chi connectivity index (χ1) is 7.18. The molecule has 2 rings (SSSR count). The monoisotopic (exact) mass is 201 g/mol. The van der Waals surface area contributed by atoms with Gasteiger partial charge in [-0.2, -0.15) is 0 Å². The van der Waals surface area contributed by atoms with Crippen molar-refractivity contribution in [3.05, 3.63) is 66.3 Å². The van der Waals surface area contributed by atoms with Gasteiger partial charge < -0.3 is 4.90 Å². The molecule has 0 aliphatic carbocycles. The Kier molecular flexibility index (Phi) is 2.42. The van der Waals surface area contributed by atoms with E-state index in [9.17, 15) is 4.39 Å². The van der Waals surface area contributed by atoms with Gasteiger partial charge in [0.25, 0.3) is 0 Å². The molecule has 1 aromatic rings. The van der Waals surface area contributed by atoms with Crippen LogP contribution in [0, 0.1) is 12.7 Å². The predicted molar refractivity (Wildman–Crippen MR) is 61.0 cm³/mol. The number of benzene rings is 1. The van der Waals surface area contributed by atoms with Crippen LogP contribution in [0.1, 0.15) is 5.56 Å². The molecule has 0 atom stereocenters. The molecule has 1 aliphatic rings. The van der Waals surface area contributed by atoms with E-state index >= 15 is 0 Å². The smallest absolute Gasteiger partial charge is 0.128 e. The molecule has 0 amide bonds. The van der Waals surface area contributed by atoms with Crippen molar-refractivity contribution in [3.8, 4) is 0 Å². The van der Waals surface area contributed by atoms with Crippen molar-refractivity contribution in [1.29, 1.82) is 0 Å². The van der Waals surface area contributed by atoms with Crippen LogP contribution >= 0.6 is 0 Å². The molecule has 1 nitrogen and oxygen atoms in total. The number of nitrogens with zero attached hydrogens (tertiary/aromatic N) is 1. The van der Waals surface area contributed by atoms with Gasteiger partial charge in [-0.05, 0) is 36.8 Å². The third kappa shape index (κ3) is 1.84. The molecule has 2 heteroatoms. The molecule has 0 spiro atoms. The van der Waals surface area contributed by atoms with E-state index in [0.29, 0.717) is 5.56 Å². The van der Waals surface area contributed by atoms with Gasteiger partial charge in [0.2, 0.25) is 0 Å². The van der Waals surface area contributed by atoms with Crippen molar-refractivity contribution >= 4 is 5.69 Å². The fourth-order valence-corrected chi connectivity index (χ4v) is 1.46. The van der Waals surface area contributed by atoms with E-state index in [1.807, 2.05) is 35.4 Å². The summed E-state index contributed by atoms with van der Waals surface area (Å²) in [4.78, 5) is 1.85. The molecule has 0 unspecified atom stereocenters. The molecule has 76 valence electrons. The fourth-order valence-electron chi connectivity index (χ4n) is 1.46. The molecule has 1 aliphatic heterocycles. The Balaban J connectivity index is 2.38. The second-order valence-corrected chi connectivity index (χ2v) is 3.50. The van der Waals surface area contributed by atoms with Crippen LogP contribution in [0.4, 0.5) is 10.1 Å². The van der Waals surface area contributed by atoms with Crippen LogP contribution in [-0.4, -0.2) is 0 Å². The second kappa shape index (κ2) is 3.73. The van der Waals surface area contributed by atoms with E-state index in [2.05, 4.69) is 6.58 Å². The van der Waals surface area contributed by atoms with Crippen LogP contribution in [0.15, 0.2) is 54.9 Å². The standard InChI is InChI=1S/C13H12FN/c1-10-6-7-12(9-13(10)14)15-8-4-3-5-11(15)2/h3-9H,2H2,1H3. The van der Waals surface area contributed by atoms with Gasteiger partial charge in [-0.25, -0.2) is 4.39 Å². The average Bonchev–Trinajstić information content (AvgIpc) is 2.23. The Morgan fingerprint density at radius 1 is 1.27 bits per heavy atom. The van der Waals surface area contributed by atoms with Crippen LogP contribution in [0.5, 0.6) is 0 Å². The van der Waals surface area contributed by atoms with Crippen LogP contribution in [0.25, 0.3) is 0 Å². The number of halogens is 1. The second-order valence-electron chi connectivity index (χ2n) is 3.50. The van der Waals surface area contributed by atoms with Crippen molar-refractivity contribution in [1.82, 2.24) is 0 Å². The van der Waals surface area contributed by atoms with Gasteiger partial charge in [0.05, 0.1) is 0 Å². The number of hydrogen-bond acceptors (Lipinski definition) is 1. The molecule has 0 N–H and O–H groups in total. The fraction of sp³-hybridized carbons (Fsp3) is 0.0769. The number of aryl methyl sites for hydroxylation is 1. The van der Waals surface area contributed by atoms with Crippen LogP contribution in [0.3, 0.4) is 0 Å². The Hall–Kier alpha value is -1.83. The van der Waals surface area contributed by atoms with E-state index in [4.69, 9.17) is 0 Å². The molecule has 0 radical (unpaired) electrons.